The first-order valence-electron chi connectivity index (χ1n) is 7.15. The predicted molar refractivity (Wildman–Crippen MR) is 85.6 cm³/mol. The standard InChI is InChI=1S/C16H22N4O/c1-9(2)11-6-5-7-12(8-11)18-16(21)15-13(17)14(10(3)4)19-20-15/h5-10H,17H2,1-4H3,(H,18,21)(H,19,20). The maximum absolute atomic E-state index is 12.3. The van der Waals surface area contributed by atoms with Crippen molar-refractivity contribution >= 4 is 17.3 Å². The molecule has 0 bridgehead atoms. The van der Waals surface area contributed by atoms with Crippen LogP contribution in [0.15, 0.2) is 24.3 Å². The van der Waals surface area contributed by atoms with Crippen molar-refractivity contribution in [3.63, 3.8) is 0 Å². The van der Waals surface area contributed by atoms with Crippen LogP contribution < -0.4 is 11.1 Å². The van der Waals surface area contributed by atoms with Crippen LogP contribution >= 0.6 is 0 Å². The number of nitrogens with two attached hydrogens (primary N) is 1. The van der Waals surface area contributed by atoms with Crippen LogP contribution in [0.4, 0.5) is 11.4 Å². The van der Waals surface area contributed by atoms with Crippen LogP contribution in [0, 0.1) is 0 Å². The molecule has 1 aromatic heterocycles. The van der Waals surface area contributed by atoms with Crippen LogP contribution in [0.25, 0.3) is 0 Å². The molecule has 0 saturated carbocycles. The summed E-state index contributed by atoms with van der Waals surface area (Å²) in [4.78, 5) is 12.3. The number of nitrogen functional groups attached to an aromatic ring is 1. The van der Waals surface area contributed by atoms with Crippen molar-refractivity contribution in [2.75, 3.05) is 11.1 Å². The molecule has 0 atom stereocenters. The van der Waals surface area contributed by atoms with E-state index in [1.165, 1.54) is 5.56 Å². The summed E-state index contributed by atoms with van der Waals surface area (Å²) < 4.78 is 0. The van der Waals surface area contributed by atoms with E-state index in [0.717, 1.165) is 11.4 Å². The molecule has 2 rings (SSSR count). The average molecular weight is 286 g/mol. The van der Waals surface area contributed by atoms with Crippen LogP contribution in [0.1, 0.15) is 61.3 Å². The van der Waals surface area contributed by atoms with Crippen LogP contribution in [0.2, 0.25) is 0 Å². The summed E-state index contributed by atoms with van der Waals surface area (Å²) in [6.07, 6.45) is 0. The Kier molecular flexibility index (Phi) is 4.31. The predicted octanol–water partition coefficient (Wildman–Crippen LogP) is 3.49. The van der Waals surface area contributed by atoms with E-state index in [9.17, 15) is 4.79 Å². The van der Waals surface area contributed by atoms with Gasteiger partial charge in [-0.25, -0.2) is 0 Å². The van der Waals surface area contributed by atoms with E-state index in [4.69, 9.17) is 5.73 Å². The number of hydrogen-bond acceptors (Lipinski definition) is 3. The second kappa shape index (κ2) is 5.99. The molecule has 0 radical (unpaired) electrons. The lowest BCUT2D eigenvalue weighted by Gasteiger charge is -2.09. The second-order valence-corrected chi connectivity index (χ2v) is 5.79. The van der Waals surface area contributed by atoms with Gasteiger partial charge in [-0.05, 0) is 29.5 Å². The first kappa shape index (κ1) is 15.1. The highest BCUT2D eigenvalue weighted by atomic mass is 16.2. The van der Waals surface area contributed by atoms with Gasteiger partial charge >= 0.3 is 0 Å². The number of carbonyl (C=O) groups is 1. The van der Waals surface area contributed by atoms with E-state index in [1.807, 2.05) is 38.1 Å². The Labute approximate surface area is 124 Å². The Hall–Kier alpha value is -2.30. The van der Waals surface area contributed by atoms with Crippen LogP contribution in [0.5, 0.6) is 0 Å². The van der Waals surface area contributed by atoms with Crippen molar-refractivity contribution < 1.29 is 4.79 Å². The van der Waals surface area contributed by atoms with Gasteiger partial charge in [0.1, 0.15) is 0 Å². The van der Waals surface area contributed by atoms with E-state index < -0.39 is 0 Å². The summed E-state index contributed by atoms with van der Waals surface area (Å²) in [6, 6.07) is 7.79. The van der Waals surface area contributed by atoms with Crippen molar-refractivity contribution in [1.82, 2.24) is 10.2 Å². The van der Waals surface area contributed by atoms with E-state index in [2.05, 4.69) is 29.4 Å². The third kappa shape index (κ3) is 3.24. The third-order valence-corrected chi connectivity index (χ3v) is 3.44. The molecule has 5 heteroatoms. The molecule has 4 N–H and O–H groups in total. The maximum atomic E-state index is 12.3. The fraction of sp³-hybridized carbons (Fsp3) is 0.375. The molecular formula is C16H22N4O. The third-order valence-electron chi connectivity index (χ3n) is 3.44. The fourth-order valence-electron chi connectivity index (χ4n) is 2.14. The molecule has 0 saturated heterocycles. The zero-order valence-electron chi connectivity index (χ0n) is 12.9. The number of rotatable bonds is 4. The fourth-order valence-corrected chi connectivity index (χ4v) is 2.14. The normalized spacial score (nSPS) is 11.1. The largest absolute Gasteiger partial charge is 0.395 e. The van der Waals surface area contributed by atoms with Gasteiger partial charge in [-0.15, -0.1) is 0 Å². The van der Waals surface area contributed by atoms with Gasteiger partial charge in [-0.3, -0.25) is 9.89 Å². The lowest BCUT2D eigenvalue weighted by molar-refractivity contribution is 0.102. The van der Waals surface area contributed by atoms with E-state index in [1.54, 1.807) is 0 Å². The number of amides is 1. The van der Waals surface area contributed by atoms with Crippen LogP contribution in [0.3, 0.4) is 0 Å². The number of hydrogen-bond donors (Lipinski definition) is 3. The van der Waals surface area contributed by atoms with Crippen LogP contribution in [-0.2, 0) is 0 Å². The van der Waals surface area contributed by atoms with Gasteiger partial charge in [0.15, 0.2) is 5.69 Å². The number of H-pyrrole nitrogens is 1. The Balaban J connectivity index is 2.20. The number of aromatic amines is 1. The van der Waals surface area contributed by atoms with Gasteiger partial charge in [0, 0.05) is 5.69 Å². The Bertz CT molecular complexity index is 643. The quantitative estimate of drug-likeness (QED) is 0.804. The molecule has 21 heavy (non-hydrogen) atoms. The summed E-state index contributed by atoms with van der Waals surface area (Å²) >= 11 is 0. The van der Waals surface area contributed by atoms with E-state index >= 15 is 0 Å². The van der Waals surface area contributed by atoms with Gasteiger partial charge < -0.3 is 11.1 Å². The Morgan fingerprint density at radius 3 is 2.52 bits per heavy atom. The molecule has 0 aliphatic carbocycles. The topological polar surface area (TPSA) is 83.8 Å². The minimum atomic E-state index is -0.295. The SMILES string of the molecule is CC(C)c1cccc(NC(=O)c2n[nH]c(C(C)C)c2N)c1. The maximum Gasteiger partial charge on any atom is 0.278 e. The molecule has 1 amide bonds. The molecule has 0 aliphatic rings. The van der Waals surface area contributed by atoms with Gasteiger partial charge in [-0.2, -0.15) is 5.10 Å². The van der Waals surface area contributed by atoms with Crippen molar-refractivity contribution in [2.45, 2.75) is 39.5 Å². The zero-order valence-corrected chi connectivity index (χ0v) is 12.9. The van der Waals surface area contributed by atoms with Crippen molar-refractivity contribution in [2.24, 2.45) is 0 Å². The highest BCUT2D eigenvalue weighted by Gasteiger charge is 2.19. The van der Waals surface area contributed by atoms with Crippen molar-refractivity contribution in [3.8, 4) is 0 Å². The Morgan fingerprint density at radius 2 is 1.95 bits per heavy atom. The summed E-state index contributed by atoms with van der Waals surface area (Å²) in [5.41, 5.74) is 9.36. The first-order chi connectivity index (χ1) is 9.90. The van der Waals surface area contributed by atoms with Gasteiger partial charge in [0.05, 0.1) is 11.4 Å². The molecule has 0 unspecified atom stereocenters. The van der Waals surface area contributed by atoms with E-state index in [0.29, 0.717) is 11.6 Å². The number of nitrogens with one attached hydrogen (secondary N) is 2. The summed E-state index contributed by atoms with van der Waals surface area (Å²) in [6.45, 7) is 8.22. The minimum Gasteiger partial charge on any atom is -0.395 e. The number of carbonyl (C=O) groups excluding carboxylic acids is 1. The first-order valence-corrected chi connectivity index (χ1v) is 7.15. The smallest absolute Gasteiger partial charge is 0.278 e. The molecule has 0 aliphatic heterocycles. The monoisotopic (exact) mass is 286 g/mol. The molecule has 0 fully saturated rings. The van der Waals surface area contributed by atoms with Crippen molar-refractivity contribution in [3.05, 3.63) is 41.2 Å². The lowest BCUT2D eigenvalue weighted by atomic mass is 10.0. The minimum absolute atomic E-state index is 0.198. The lowest BCUT2D eigenvalue weighted by Crippen LogP contribution is -2.14. The number of nitrogens with zero attached hydrogens (tertiary/aromatic N) is 1. The highest BCUT2D eigenvalue weighted by Crippen LogP contribution is 2.23. The number of anilines is 2. The molecule has 2 aromatic rings. The number of aromatic nitrogens is 2. The van der Waals surface area contributed by atoms with Crippen LogP contribution in [-0.4, -0.2) is 16.1 Å². The average Bonchev–Trinajstić information content (AvgIpc) is 2.81. The Morgan fingerprint density at radius 1 is 1.24 bits per heavy atom. The van der Waals surface area contributed by atoms with Gasteiger partial charge in [-0.1, -0.05) is 39.8 Å². The molecule has 1 aromatic carbocycles. The highest BCUT2D eigenvalue weighted by molar-refractivity contribution is 6.06. The van der Waals surface area contributed by atoms with Gasteiger partial charge in [0.25, 0.3) is 5.91 Å². The molecule has 112 valence electrons. The molecule has 5 nitrogen and oxygen atoms in total. The van der Waals surface area contributed by atoms with Crippen molar-refractivity contribution in [1.29, 1.82) is 0 Å². The second-order valence-electron chi connectivity index (χ2n) is 5.79. The zero-order chi connectivity index (χ0) is 15.6. The van der Waals surface area contributed by atoms with Gasteiger partial charge in [0.2, 0.25) is 0 Å². The molecule has 1 heterocycles. The summed E-state index contributed by atoms with van der Waals surface area (Å²) in [7, 11) is 0. The van der Waals surface area contributed by atoms with E-state index in [-0.39, 0.29) is 17.5 Å². The summed E-state index contributed by atoms with van der Waals surface area (Å²) in [5.74, 6) is 0.310. The number of benzene rings is 1. The summed E-state index contributed by atoms with van der Waals surface area (Å²) in [5, 5.41) is 9.71. The molecule has 0 spiro atoms. The molecular weight excluding hydrogens is 264 g/mol.